The summed E-state index contributed by atoms with van der Waals surface area (Å²) in [6.07, 6.45) is 2.97. The SMILES string of the molecule is CC1CCCC(CN)N1C(=O)c1ccc(F)c(Cl)c1. The van der Waals surface area contributed by atoms with Crippen molar-refractivity contribution in [2.45, 2.75) is 38.3 Å². The van der Waals surface area contributed by atoms with Crippen LogP contribution in [0.5, 0.6) is 0 Å². The van der Waals surface area contributed by atoms with E-state index in [0.717, 1.165) is 19.3 Å². The fourth-order valence-corrected chi connectivity index (χ4v) is 2.84. The summed E-state index contributed by atoms with van der Waals surface area (Å²) in [6.45, 7) is 2.47. The Balaban J connectivity index is 2.27. The first-order chi connectivity index (χ1) is 9.04. The Morgan fingerprint density at radius 1 is 1.53 bits per heavy atom. The number of halogens is 2. The molecule has 1 saturated heterocycles. The number of piperidine rings is 1. The van der Waals surface area contributed by atoms with Gasteiger partial charge in [-0.2, -0.15) is 0 Å². The predicted octanol–water partition coefficient (Wildman–Crippen LogP) is 2.82. The molecule has 0 aliphatic carbocycles. The summed E-state index contributed by atoms with van der Waals surface area (Å²) in [5.74, 6) is -0.634. The number of likely N-dealkylation sites (tertiary alicyclic amines) is 1. The van der Waals surface area contributed by atoms with Crippen molar-refractivity contribution in [2.75, 3.05) is 6.54 Å². The van der Waals surface area contributed by atoms with Crippen molar-refractivity contribution < 1.29 is 9.18 Å². The van der Waals surface area contributed by atoms with Crippen LogP contribution in [0.25, 0.3) is 0 Å². The van der Waals surface area contributed by atoms with Crippen LogP contribution in [0.3, 0.4) is 0 Å². The summed E-state index contributed by atoms with van der Waals surface area (Å²) in [7, 11) is 0. The number of hydrogen-bond acceptors (Lipinski definition) is 2. The van der Waals surface area contributed by atoms with Crippen LogP contribution in [0, 0.1) is 5.82 Å². The van der Waals surface area contributed by atoms with E-state index in [0.29, 0.717) is 12.1 Å². The monoisotopic (exact) mass is 284 g/mol. The topological polar surface area (TPSA) is 46.3 Å². The van der Waals surface area contributed by atoms with Crippen LogP contribution in [0.2, 0.25) is 5.02 Å². The maximum atomic E-state index is 13.1. The molecule has 0 radical (unpaired) electrons. The first kappa shape index (κ1) is 14.3. The first-order valence-corrected chi connectivity index (χ1v) is 6.90. The zero-order valence-corrected chi connectivity index (χ0v) is 11.7. The number of carbonyl (C=O) groups excluding carboxylic acids is 1. The second-order valence-electron chi connectivity index (χ2n) is 5.01. The smallest absolute Gasteiger partial charge is 0.254 e. The molecule has 19 heavy (non-hydrogen) atoms. The van der Waals surface area contributed by atoms with Crippen molar-refractivity contribution in [3.63, 3.8) is 0 Å². The Kier molecular flexibility index (Phi) is 4.42. The van der Waals surface area contributed by atoms with E-state index in [-0.39, 0.29) is 23.0 Å². The highest BCUT2D eigenvalue weighted by Crippen LogP contribution is 2.25. The number of rotatable bonds is 2. The summed E-state index contributed by atoms with van der Waals surface area (Å²) < 4.78 is 13.1. The van der Waals surface area contributed by atoms with Gasteiger partial charge in [0.2, 0.25) is 0 Å². The molecule has 0 saturated carbocycles. The lowest BCUT2D eigenvalue weighted by molar-refractivity contribution is 0.0494. The molecule has 2 N–H and O–H groups in total. The molecule has 1 aromatic rings. The summed E-state index contributed by atoms with van der Waals surface area (Å²) in [5.41, 5.74) is 6.16. The van der Waals surface area contributed by atoms with E-state index in [1.165, 1.54) is 18.2 Å². The van der Waals surface area contributed by atoms with Gasteiger partial charge in [0.1, 0.15) is 5.82 Å². The number of carbonyl (C=O) groups is 1. The molecule has 0 spiro atoms. The van der Waals surface area contributed by atoms with Crippen molar-refractivity contribution in [1.82, 2.24) is 4.90 Å². The highest BCUT2D eigenvalue weighted by Gasteiger charge is 2.31. The maximum Gasteiger partial charge on any atom is 0.254 e. The molecule has 1 heterocycles. The van der Waals surface area contributed by atoms with Crippen molar-refractivity contribution >= 4 is 17.5 Å². The minimum Gasteiger partial charge on any atom is -0.332 e. The number of benzene rings is 1. The summed E-state index contributed by atoms with van der Waals surface area (Å²) >= 11 is 5.73. The lowest BCUT2D eigenvalue weighted by Crippen LogP contribution is -2.51. The minimum absolute atomic E-state index is 0.0280. The standard InChI is InChI=1S/C14H18ClFN2O/c1-9-3-2-4-11(8-17)18(9)14(19)10-5-6-13(16)12(15)7-10/h5-7,9,11H,2-4,8,17H2,1H3. The molecule has 0 bridgehead atoms. The Labute approximate surface area is 117 Å². The van der Waals surface area contributed by atoms with E-state index in [4.69, 9.17) is 17.3 Å². The van der Waals surface area contributed by atoms with Gasteiger partial charge in [-0.3, -0.25) is 4.79 Å². The van der Waals surface area contributed by atoms with Crippen molar-refractivity contribution in [1.29, 1.82) is 0 Å². The molecule has 1 aliphatic heterocycles. The number of amides is 1. The number of nitrogens with two attached hydrogens (primary N) is 1. The molecule has 1 aliphatic rings. The Morgan fingerprint density at radius 2 is 2.26 bits per heavy atom. The van der Waals surface area contributed by atoms with E-state index >= 15 is 0 Å². The van der Waals surface area contributed by atoms with Crippen molar-refractivity contribution in [3.8, 4) is 0 Å². The van der Waals surface area contributed by atoms with E-state index < -0.39 is 5.82 Å². The van der Waals surface area contributed by atoms with Gasteiger partial charge in [-0.05, 0) is 44.4 Å². The second-order valence-corrected chi connectivity index (χ2v) is 5.42. The number of hydrogen-bond donors (Lipinski definition) is 1. The van der Waals surface area contributed by atoms with Crippen LogP contribution in [0.1, 0.15) is 36.5 Å². The highest BCUT2D eigenvalue weighted by atomic mass is 35.5. The molecule has 104 valence electrons. The maximum absolute atomic E-state index is 13.1. The van der Waals surface area contributed by atoms with Gasteiger partial charge in [-0.1, -0.05) is 11.6 Å². The molecule has 0 aromatic heterocycles. The average molecular weight is 285 g/mol. The van der Waals surface area contributed by atoms with Crippen molar-refractivity contribution in [3.05, 3.63) is 34.6 Å². The van der Waals surface area contributed by atoms with E-state index in [1.807, 2.05) is 11.8 Å². The van der Waals surface area contributed by atoms with Crippen molar-refractivity contribution in [2.24, 2.45) is 5.73 Å². The van der Waals surface area contributed by atoms with Gasteiger partial charge in [0, 0.05) is 24.2 Å². The molecule has 1 fully saturated rings. The van der Waals surface area contributed by atoms with Crippen LogP contribution in [-0.2, 0) is 0 Å². The predicted molar refractivity (Wildman–Crippen MR) is 73.7 cm³/mol. The van der Waals surface area contributed by atoms with E-state index in [9.17, 15) is 9.18 Å². The molecular weight excluding hydrogens is 267 g/mol. The quantitative estimate of drug-likeness (QED) is 0.908. The van der Waals surface area contributed by atoms with Crippen LogP contribution >= 0.6 is 11.6 Å². The Bertz CT molecular complexity index is 481. The van der Waals surface area contributed by atoms with Crippen LogP contribution in [0.4, 0.5) is 4.39 Å². The van der Waals surface area contributed by atoms with E-state index in [2.05, 4.69) is 0 Å². The summed E-state index contributed by atoms with van der Waals surface area (Å²) in [5, 5.41) is -0.0280. The van der Waals surface area contributed by atoms with Gasteiger partial charge in [-0.25, -0.2) is 4.39 Å². The molecule has 5 heteroatoms. The molecular formula is C14H18ClFN2O. The third-order valence-corrected chi connectivity index (χ3v) is 3.99. The fourth-order valence-electron chi connectivity index (χ4n) is 2.66. The van der Waals surface area contributed by atoms with Gasteiger partial charge in [0.25, 0.3) is 5.91 Å². The van der Waals surface area contributed by atoms with Crippen LogP contribution in [-0.4, -0.2) is 29.4 Å². The highest BCUT2D eigenvalue weighted by molar-refractivity contribution is 6.31. The minimum atomic E-state index is -0.514. The van der Waals surface area contributed by atoms with Crippen LogP contribution < -0.4 is 5.73 Å². The van der Waals surface area contributed by atoms with E-state index in [1.54, 1.807) is 0 Å². The lowest BCUT2D eigenvalue weighted by atomic mass is 9.95. The summed E-state index contributed by atoms with van der Waals surface area (Å²) in [6, 6.07) is 4.28. The largest absolute Gasteiger partial charge is 0.332 e. The zero-order chi connectivity index (χ0) is 14.0. The first-order valence-electron chi connectivity index (χ1n) is 6.52. The van der Waals surface area contributed by atoms with Crippen LogP contribution in [0.15, 0.2) is 18.2 Å². The van der Waals surface area contributed by atoms with Gasteiger partial charge in [0.05, 0.1) is 5.02 Å². The normalized spacial score (nSPS) is 23.5. The molecule has 1 aromatic carbocycles. The molecule has 3 nitrogen and oxygen atoms in total. The number of nitrogens with zero attached hydrogens (tertiary/aromatic N) is 1. The Morgan fingerprint density at radius 3 is 2.89 bits per heavy atom. The Hall–Kier alpha value is -1.13. The molecule has 2 atom stereocenters. The van der Waals surface area contributed by atoms with Gasteiger partial charge >= 0.3 is 0 Å². The van der Waals surface area contributed by atoms with Gasteiger partial charge < -0.3 is 10.6 Å². The second kappa shape index (κ2) is 5.88. The lowest BCUT2D eigenvalue weighted by Gasteiger charge is -2.40. The molecule has 2 unspecified atom stereocenters. The average Bonchev–Trinajstić information content (AvgIpc) is 2.40. The third kappa shape index (κ3) is 2.90. The fraction of sp³-hybridized carbons (Fsp3) is 0.500. The van der Waals surface area contributed by atoms with Gasteiger partial charge in [0.15, 0.2) is 0 Å². The third-order valence-electron chi connectivity index (χ3n) is 3.70. The zero-order valence-electron chi connectivity index (χ0n) is 10.9. The molecule has 2 rings (SSSR count). The summed E-state index contributed by atoms with van der Waals surface area (Å²) in [4.78, 5) is 14.3. The van der Waals surface area contributed by atoms with Gasteiger partial charge in [-0.15, -0.1) is 0 Å². The molecule has 1 amide bonds.